The number of hydrogen-bond donors (Lipinski definition) is 2. The van der Waals surface area contributed by atoms with Gasteiger partial charge in [0.2, 0.25) is 0 Å². The average Bonchev–Trinajstić information content (AvgIpc) is 4.07. The van der Waals surface area contributed by atoms with Gasteiger partial charge in [0, 0.05) is 45.6 Å². The van der Waals surface area contributed by atoms with E-state index < -0.39 is 0 Å². The van der Waals surface area contributed by atoms with Crippen molar-refractivity contribution in [3.05, 3.63) is 232 Å². The molecule has 0 radical (unpaired) electrons. The van der Waals surface area contributed by atoms with E-state index >= 15 is 0 Å². The first-order valence-corrected chi connectivity index (χ1v) is 17.9. The number of nitrogens with zero attached hydrogens (tertiary/aromatic N) is 3. The molecule has 8 bridgehead atoms. The molecule has 0 saturated heterocycles. The number of aromatic nitrogens is 2. The number of benzene rings is 4. The minimum absolute atomic E-state index is 0.607. The Balaban J connectivity index is 1.35. The molecule has 4 aliphatic heterocycles. The molecule has 0 atom stereocenters. The molecular weight excluding hydrogens is 647 g/mol. The molecule has 2 N–H and O–H groups in total. The Bertz CT molecular complexity index is 2790. The Morgan fingerprint density at radius 3 is 1.38 bits per heavy atom. The highest BCUT2D eigenvalue weighted by Crippen LogP contribution is 2.44. The van der Waals surface area contributed by atoms with Gasteiger partial charge < -0.3 is 9.97 Å². The third kappa shape index (κ3) is 5.47. The molecule has 0 saturated carbocycles. The van der Waals surface area contributed by atoms with Crippen molar-refractivity contribution in [2.45, 2.75) is 6.42 Å². The van der Waals surface area contributed by atoms with E-state index in [1.54, 1.807) is 0 Å². The molecule has 53 heavy (non-hydrogen) atoms. The lowest BCUT2D eigenvalue weighted by Gasteiger charge is -2.15. The normalized spacial score (nSPS) is 16.5. The Hall–Kier alpha value is -7.11. The molecule has 0 aliphatic carbocycles. The zero-order chi connectivity index (χ0) is 35.1. The van der Waals surface area contributed by atoms with Crippen molar-refractivity contribution in [3.8, 4) is 0 Å². The van der Waals surface area contributed by atoms with Crippen LogP contribution in [0.1, 0.15) is 34.4 Å². The second kappa shape index (κ2) is 12.9. The summed E-state index contributed by atoms with van der Waals surface area (Å²) in [5, 5.41) is 1.97. The van der Waals surface area contributed by atoms with Crippen molar-refractivity contribution < 1.29 is 0 Å². The molecule has 10 rings (SSSR count). The van der Waals surface area contributed by atoms with Crippen LogP contribution in [-0.2, 0) is 0 Å². The molecule has 4 aliphatic rings. The average molecular weight is 680 g/mol. The molecule has 0 spiro atoms. The maximum Gasteiger partial charge on any atom is 0.0910 e. The maximum absolute atomic E-state index is 5.50. The van der Waals surface area contributed by atoms with E-state index in [0.717, 1.165) is 101 Å². The Morgan fingerprint density at radius 2 is 0.887 bits per heavy atom. The molecular formula is C48H33N5. The van der Waals surface area contributed by atoms with Crippen LogP contribution < -0.4 is 10.7 Å². The van der Waals surface area contributed by atoms with Gasteiger partial charge in [0.1, 0.15) is 0 Å². The monoisotopic (exact) mass is 679 g/mol. The number of hydrogen-bond acceptors (Lipinski definition) is 3. The summed E-state index contributed by atoms with van der Waals surface area (Å²) in [5.74, 6) is 0. The second-order valence-corrected chi connectivity index (χ2v) is 13.3. The topological polar surface area (TPSA) is 68.7 Å². The van der Waals surface area contributed by atoms with Gasteiger partial charge >= 0.3 is 0 Å². The highest BCUT2D eigenvalue weighted by molar-refractivity contribution is 6.34. The first-order valence-electron chi connectivity index (χ1n) is 17.9. The Kier molecular flexibility index (Phi) is 7.47. The minimum atomic E-state index is 0.607. The molecule has 250 valence electrons. The van der Waals surface area contributed by atoms with Crippen LogP contribution >= 0.6 is 0 Å². The van der Waals surface area contributed by atoms with E-state index in [1.807, 2.05) is 12.3 Å². The van der Waals surface area contributed by atoms with E-state index in [4.69, 9.17) is 15.0 Å². The lowest BCUT2D eigenvalue weighted by atomic mass is 9.89. The highest BCUT2D eigenvalue weighted by Gasteiger charge is 2.31. The SMILES string of the molecule is C1=CC2=C(c3ccccc3)C3=NC(c4ccc[nH]4)=C(C3)C(c3ccccc3)=C3C=CC(=N3)C(c3ccccc3)=c3ccc([nH]3)=C(c3ccccc3)C1=N2. The van der Waals surface area contributed by atoms with Crippen LogP contribution in [0.5, 0.6) is 0 Å². The van der Waals surface area contributed by atoms with Gasteiger partial charge in [-0.05, 0) is 76.4 Å². The molecule has 6 aromatic rings. The number of fused-ring (bicyclic) bond motifs is 6. The summed E-state index contributed by atoms with van der Waals surface area (Å²) in [6.45, 7) is 0. The predicted octanol–water partition coefficient (Wildman–Crippen LogP) is 8.85. The van der Waals surface area contributed by atoms with E-state index in [0.29, 0.717) is 6.42 Å². The van der Waals surface area contributed by atoms with Crippen molar-refractivity contribution >= 4 is 45.1 Å². The van der Waals surface area contributed by atoms with Crippen molar-refractivity contribution in [3.63, 3.8) is 0 Å². The molecule has 5 nitrogen and oxygen atoms in total. The van der Waals surface area contributed by atoms with Gasteiger partial charge in [0.25, 0.3) is 0 Å². The molecule has 5 heteroatoms. The molecule has 0 amide bonds. The molecule has 0 unspecified atom stereocenters. The third-order valence-electron chi connectivity index (χ3n) is 10.1. The van der Waals surface area contributed by atoms with E-state index in [2.05, 4.69) is 174 Å². The lowest BCUT2D eigenvalue weighted by molar-refractivity contribution is 1.25. The van der Waals surface area contributed by atoms with E-state index in [-0.39, 0.29) is 0 Å². The van der Waals surface area contributed by atoms with Gasteiger partial charge in [-0.15, -0.1) is 0 Å². The first kappa shape index (κ1) is 30.7. The third-order valence-corrected chi connectivity index (χ3v) is 10.1. The lowest BCUT2D eigenvalue weighted by Crippen LogP contribution is -2.21. The summed E-state index contributed by atoms with van der Waals surface area (Å²) >= 11 is 0. The number of aromatic amines is 2. The van der Waals surface area contributed by atoms with Crippen LogP contribution in [0.25, 0.3) is 28.0 Å². The van der Waals surface area contributed by atoms with Crippen molar-refractivity contribution in [2.75, 3.05) is 0 Å². The van der Waals surface area contributed by atoms with Crippen molar-refractivity contribution in [1.82, 2.24) is 9.97 Å². The summed E-state index contributed by atoms with van der Waals surface area (Å²) < 4.78 is 0. The number of H-pyrrole nitrogens is 2. The molecule has 0 fully saturated rings. The summed E-state index contributed by atoms with van der Waals surface area (Å²) in [4.78, 5) is 23.7. The largest absolute Gasteiger partial charge is 0.360 e. The summed E-state index contributed by atoms with van der Waals surface area (Å²) in [7, 11) is 0. The fourth-order valence-electron chi connectivity index (χ4n) is 7.75. The number of rotatable bonds is 5. The molecule has 2 aromatic heterocycles. The van der Waals surface area contributed by atoms with Crippen LogP contribution in [0.2, 0.25) is 0 Å². The minimum Gasteiger partial charge on any atom is -0.360 e. The van der Waals surface area contributed by atoms with Crippen LogP contribution in [0.15, 0.2) is 208 Å². The Labute approximate surface area is 307 Å². The number of aliphatic imine (C=N–C) groups is 3. The summed E-state index contributed by atoms with van der Waals surface area (Å²) in [6, 6.07) is 50.6. The van der Waals surface area contributed by atoms with Crippen LogP contribution in [-0.4, -0.2) is 27.1 Å². The zero-order valence-corrected chi connectivity index (χ0v) is 28.8. The second-order valence-electron chi connectivity index (χ2n) is 13.3. The predicted molar refractivity (Wildman–Crippen MR) is 218 cm³/mol. The quantitative estimate of drug-likeness (QED) is 0.183. The maximum atomic E-state index is 5.50. The number of allylic oxidation sites excluding steroid dienone is 7. The van der Waals surface area contributed by atoms with Gasteiger partial charge in [-0.2, -0.15) is 0 Å². The van der Waals surface area contributed by atoms with Gasteiger partial charge in [0.05, 0.1) is 39.9 Å². The first-order chi connectivity index (χ1) is 26.3. The van der Waals surface area contributed by atoms with Gasteiger partial charge in [0.15, 0.2) is 0 Å². The van der Waals surface area contributed by atoms with E-state index in [9.17, 15) is 0 Å². The molecule has 6 heterocycles. The van der Waals surface area contributed by atoms with Gasteiger partial charge in [-0.1, -0.05) is 121 Å². The van der Waals surface area contributed by atoms with E-state index in [1.165, 1.54) is 0 Å². The van der Waals surface area contributed by atoms with Crippen LogP contribution in [0.4, 0.5) is 0 Å². The smallest absolute Gasteiger partial charge is 0.0910 e. The number of nitrogens with one attached hydrogen (secondary N) is 2. The van der Waals surface area contributed by atoms with Crippen molar-refractivity contribution in [1.29, 1.82) is 0 Å². The van der Waals surface area contributed by atoms with Crippen LogP contribution in [0, 0.1) is 0 Å². The zero-order valence-electron chi connectivity index (χ0n) is 28.8. The standard InChI is InChI=1S/C48H33N5/c1-5-14-31(15-6-1)44-35-30-43(53-48(35)42-22-13-29-49-42)47(34-20-11-4-12-21-34)41-28-27-40(52-41)46(33-18-9-3-10-19-33)39-26-25-38(51-39)45(32-16-7-2-8-17-32)37-24-23-36(44)50-37/h1-29,49,51H,30H2. The fourth-order valence-corrected chi connectivity index (χ4v) is 7.75. The molecule has 4 aromatic carbocycles. The Morgan fingerprint density at radius 1 is 0.415 bits per heavy atom. The summed E-state index contributed by atoms with van der Waals surface area (Å²) in [5.41, 5.74) is 16.0. The highest BCUT2D eigenvalue weighted by atomic mass is 14.9. The van der Waals surface area contributed by atoms with Gasteiger partial charge in [-0.25, -0.2) is 15.0 Å². The summed E-state index contributed by atoms with van der Waals surface area (Å²) in [6.07, 6.45) is 11.2. The van der Waals surface area contributed by atoms with Gasteiger partial charge in [-0.3, -0.25) is 0 Å². The fraction of sp³-hybridized carbons (Fsp3) is 0.0208. The van der Waals surface area contributed by atoms with Crippen molar-refractivity contribution in [2.24, 2.45) is 15.0 Å². The van der Waals surface area contributed by atoms with Crippen LogP contribution in [0.3, 0.4) is 0 Å².